The number of rotatable bonds is 5. The van der Waals surface area contributed by atoms with Gasteiger partial charge in [-0.3, -0.25) is 9.48 Å². The van der Waals surface area contributed by atoms with Gasteiger partial charge in [-0.2, -0.15) is 5.10 Å². The standard InChI is InChI=1S/C15H17N3O3/c1-3-18-10-11(9-17-18)8-16-14(19)12-4-6-13(7-5-12)15(20)21-2/h4-7,9-10H,3,8H2,1-2H3,(H,16,19). The third-order valence-electron chi connectivity index (χ3n) is 3.03. The SMILES string of the molecule is CCn1cc(CNC(=O)c2ccc(C(=O)OC)cc2)cn1. The van der Waals surface area contributed by atoms with Gasteiger partial charge in [-0.25, -0.2) is 4.79 Å². The van der Waals surface area contributed by atoms with Crippen LogP contribution in [0.25, 0.3) is 0 Å². The Labute approximate surface area is 122 Å². The fraction of sp³-hybridized carbons (Fsp3) is 0.267. The topological polar surface area (TPSA) is 73.2 Å². The minimum absolute atomic E-state index is 0.198. The van der Waals surface area contributed by atoms with Gasteiger partial charge in [-0.05, 0) is 31.2 Å². The van der Waals surface area contributed by atoms with Crippen molar-refractivity contribution in [2.45, 2.75) is 20.0 Å². The molecule has 2 rings (SSSR count). The Morgan fingerprint density at radius 3 is 2.48 bits per heavy atom. The maximum Gasteiger partial charge on any atom is 0.337 e. The summed E-state index contributed by atoms with van der Waals surface area (Å²) in [7, 11) is 1.32. The molecule has 2 aromatic rings. The van der Waals surface area contributed by atoms with Crippen LogP contribution in [0.15, 0.2) is 36.7 Å². The molecule has 0 aliphatic heterocycles. The number of nitrogens with zero attached hydrogens (tertiary/aromatic N) is 2. The first-order valence-electron chi connectivity index (χ1n) is 6.62. The first kappa shape index (κ1) is 14.8. The summed E-state index contributed by atoms with van der Waals surface area (Å²) in [6.07, 6.45) is 3.62. The van der Waals surface area contributed by atoms with Gasteiger partial charge >= 0.3 is 5.97 Å². The molecule has 0 spiro atoms. The number of esters is 1. The molecular formula is C15H17N3O3. The Morgan fingerprint density at radius 2 is 1.90 bits per heavy atom. The minimum Gasteiger partial charge on any atom is -0.465 e. The highest BCUT2D eigenvalue weighted by Crippen LogP contribution is 2.06. The lowest BCUT2D eigenvalue weighted by molar-refractivity contribution is 0.0600. The Hall–Kier alpha value is -2.63. The molecule has 1 aromatic heterocycles. The third kappa shape index (κ3) is 3.68. The van der Waals surface area contributed by atoms with Crippen LogP contribution in [0, 0.1) is 0 Å². The van der Waals surface area contributed by atoms with Gasteiger partial charge in [0, 0.05) is 30.4 Å². The Kier molecular flexibility index (Phi) is 4.71. The van der Waals surface area contributed by atoms with Crippen molar-refractivity contribution in [3.63, 3.8) is 0 Å². The van der Waals surface area contributed by atoms with E-state index in [4.69, 9.17) is 0 Å². The van der Waals surface area contributed by atoms with Crippen LogP contribution in [0.1, 0.15) is 33.2 Å². The van der Waals surface area contributed by atoms with Gasteiger partial charge < -0.3 is 10.1 Å². The maximum atomic E-state index is 12.0. The van der Waals surface area contributed by atoms with E-state index in [0.29, 0.717) is 17.7 Å². The molecule has 0 fully saturated rings. The normalized spacial score (nSPS) is 10.2. The zero-order valence-corrected chi connectivity index (χ0v) is 12.0. The minimum atomic E-state index is -0.422. The van der Waals surface area contributed by atoms with Crippen LogP contribution in [0.5, 0.6) is 0 Å². The lowest BCUT2D eigenvalue weighted by Gasteiger charge is -2.04. The van der Waals surface area contributed by atoms with Gasteiger partial charge in [0.25, 0.3) is 5.91 Å². The molecular weight excluding hydrogens is 270 g/mol. The highest BCUT2D eigenvalue weighted by Gasteiger charge is 2.09. The molecule has 6 heteroatoms. The van der Waals surface area contributed by atoms with Gasteiger partial charge in [-0.15, -0.1) is 0 Å². The van der Waals surface area contributed by atoms with E-state index in [9.17, 15) is 9.59 Å². The van der Waals surface area contributed by atoms with E-state index >= 15 is 0 Å². The Bertz CT molecular complexity index is 632. The summed E-state index contributed by atoms with van der Waals surface area (Å²) in [4.78, 5) is 23.3. The molecule has 110 valence electrons. The van der Waals surface area contributed by atoms with E-state index in [1.54, 1.807) is 35.1 Å². The van der Waals surface area contributed by atoms with Crippen LogP contribution in [-0.4, -0.2) is 28.8 Å². The van der Waals surface area contributed by atoms with Crippen molar-refractivity contribution in [3.05, 3.63) is 53.3 Å². The summed E-state index contributed by atoms with van der Waals surface area (Å²) >= 11 is 0. The molecule has 6 nitrogen and oxygen atoms in total. The monoisotopic (exact) mass is 287 g/mol. The number of methoxy groups -OCH3 is 1. The van der Waals surface area contributed by atoms with Crippen molar-refractivity contribution < 1.29 is 14.3 Å². The van der Waals surface area contributed by atoms with E-state index in [1.807, 2.05) is 13.1 Å². The van der Waals surface area contributed by atoms with E-state index in [1.165, 1.54) is 7.11 Å². The number of hydrogen-bond donors (Lipinski definition) is 1. The fourth-order valence-electron chi connectivity index (χ4n) is 1.83. The van der Waals surface area contributed by atoms with E-state index in [-0.39, 0.29) is 5.91 Å². The number of nitrogens with one attached hydrogen (secondary N) is 1. The molecule has 0 atom stereocenters. The highest BCUT2D eigenvalue weighted by atomic mass is 16.5. The van der Waals surface area contributed by atoms with Crippen LogP contribution in [0.4, 0.5) is 0 Å². The number of hydrogen-bond acceptors (Lipinski definition) is 4. The first-order chi connectivity index (χ1) is 10.1. The van der Waals surface area contributed by atoms with Gasteiger partial charge in [0.2, 0.25) is 0 Å². The van der Waals surface area contributed by atoms with Crippen LogP contribution in [0.3, 0.4) is 0 Å². The van der Waals surface area contributed by atoms with E-state index in [0.717, 1.165) is 12.1 Å². The number of amides is 1. The molecule has 0 radical (unpaired) electrons. The lowest BCUT2D eigenvalue weighted by atomic mass is 10.1. The largest absolute Gasteiger partial charge is 0.465 e. The molecule has 0 unspecified atom stereocenters. The summed E-state index contributed by atoms with van der Waals surface area (Å²) in [5.74, 6) is -0.621. The second-order valence-electron chi connectivity index (χ2n) is 4.46. The number of carbonyl (C=O) groups is 2. The zero-order valence-electron chi connectivity index (χ0n) is 12.0. The maximum absolute atomic E-state index is 12.0. The molecule has 1 amide bonds. The number of aryl methyl sites for hydroxylation is 1. The molecule has 0 saturated heterocycles. The first-order valence-corrected chi connectivity index (χ1v) is 6.62. The third-order valence-corrected chi connectivity index (χ3v) is 3.03. The van der Waals surface area contributed by atoms with E-state index in [2.05, 4.69) is 15.2 Å². The average Bonchev–Trinajstić information content (AvgIpc) is 3.00. The van der Waals surface area contributed by atoms with Gasteiger partial charge in [0.15, 0.2) is 0 Å². The molecule has 1 N–H and O–H groups in total. The van der Waals surface area contributed by atoms with Crippen molar-refractivity contribution in [1.82, 2.24) is 15.1 Å². The molecule has 0 aliphatic carbocycles. The summed E-state index contributed by atoms with van der Waals surface area (Å²) in [5.41, 5.74) is 1.85. The second kappa shape index (κ2) is 6.69. The fourth-order valence-corrected chi connectivity index (χ4v) is 1.83. The van der Waals surface area contributed by atoms with Crippen molar-refractivity contribution in [1.29, 1.82) is 0 Å². The molecule has 1 aromatic carbocycles. The quantitative estimate of drug-likeness (QED) is 0.848. The van der Waals surface area contributed by atoms with E-state index < -0.39 is 5.97 Å². The Morgan fingerprint density at radius 1 is 1.24 bits per heavy atom. The zero-order chi connectivity index (χ0) is 15.2. The molecule has 0 bridgehead atoms. The van der Waals surface area contributed by atoms with Crippen molar-refractivity contribution in [2.24, 2.45) is 0 Å². The number of benzene rings is 1. The smallest absolute Gasteiger partial charge is 0.337 e. The predicted octanol–water partition coefficient (Wildman–Crippen LogP) is 1.62. The van der Waals surface area contributed by atoms with Crippen LogP contribution in [0.2, 0.25) is 0 Å². The van der Waals surface area contributed by atoms with Gasteiger partial charge in [-0.1, -0.05) is 0 Å². The highest BCUT2D eigenvalue weighted by molar-refractivity contribution is 5.96. The molecule has 0 saturated carbocycles. The summed E-state index contributed by atoms with van der Waals surface area (Å²) in [6, 6.07) is 6.32. The average molecular weight is 287 g/mol. The lowest BCUT2D eigenvalue weighted by Crippen LogP contribution is -2.22. The van der Waals surface area contributed by atoms with Gasteiger partial charge in [0.05, 0.1) is 18.9 Å². The van der Waals surface area contributed by atoms with Crippen LogP contribution in [-0.2, 0) is 17.8 Å². The number of carbonyl (C=O) groups excluding carboxylic acids is 2. The van der Waals surface area contributed by atoms with Crippen molar-refractivity contribution in [3.8, 4) is 0 Å². The predicted molar refractivity (Wildman–Crippen MR) is 76.9 cm³/mol. The van der Waals surface area contributed by atoms with Gasteiger partial charge in [0.1, 0.15) is 0 Å². The Balaban J connectivity index is 1.95. The summed E-state index contributed by atoms with van der Waals surface area (Å²) in [6.45, 7) is 3.21. The summed E-state index contributed by atoms with van der Waals surface area (Å²) in [5, 5.41) is 6.95. The second-order valence-corrected chi connectivity index (χ2v) is 4.46. The van der Waals surface area contributed by atoms with Crippen LogP contribution >= 0.6 is 0 Å². The number of aromatic nitrogens is 2. The van der Waals surface area contributed by atoms with Crippen molar-refractivity contribution in [2.75, 3.05) is 7.11 Å². The van der Waals surface area contributed by atoms with Crippen molar-refractivity contribution >= 4 is 11.9 Å². The molecule has 0 aliphatic rings. The molecule has 21 heavy (non-hydrogen) atoms. The molecule has 1 heterocycles. The number of ether oxygens (including phenoxy) is 1. The summed E-state index contributed by atoms with van der Waals surface area (Å²) < 4.78 is 6.40. The van der Waals surface area contributed by atoms with Crippen LogP contribution < -0.4 is 5.32 Å².